The zero-order chi connectivity index (χ0) is 14.5. The van der Waals surface area contributed by atoms with Crippen molar-refractivity contribution in [1.82, 2.24) is 5.32 Å². The van der Waals surface area contributed by atoms with Crippen molar-refractivity contribution >= 4 is 11.6 Å². The van der Waals surface area contributed by atoms with E-state index in [1.54, 1.807) is 6.07 Å². The largest absolute Gasteiger partial charge is 0.387 e. The van der Waals surface area contributed by atoms with Crippen LogP contribution in [-0.4, -0.2) is 11.7 Å². The average Bonchev–Trinajstić information content (AvgIpc) is 2.42. The molecule has 2 nitrogen and oxygen atoms in total. The molecule has 0 aromatic heterocycles. The lowest BCUT2D eigenvalue weighted by molar-refractivity contribution is 0.174. The van der Waals surface area contributed by atoms with Crippen LogP contribution in [0.3, 0.4) is 0 Å². The van der Waals surface area contributed by atoms with E-state index < -0.39 is 6.10 Å². The van der Waals surface area contributed by atoms with E-state index in [0.29, 0.717) is 23.7 Å². The molecule has 2 N–H and O–H groups in total. The Bertz CT molecular complexity index is 575. The summed E-state index contributed by atoms with van der Waals surface area (Å²) in [6.07, 6.45) is -0.741. The molecule has 0 fully saturated rings. The Kier molecular flexibility index (Phi) is 5.06. The predicted molar refractivity (Wildman–Crippen MR) is 74.5 cm³/mol. The van der Waals surface area contributed by atoms with Gasteiger partial charge in [0.25, 0.3) is 0 Å². The van der Waals surface area contributed by atoms with Crippen LogP contribution in [0, 0.1) is 11.6 Å². The van der Waals surface area contributed by atoms with Crippen molar-refractivity contribution in [2.45, 2.75) is 12.6 Å². The molecule has 0 amide bonds. The topological polar surface area (TPSA) is 32.3 Å². The Morgan fingerprint density at radius 3 is 2.35 bits per heavy atom. The molecule has 0 bridgehead atoms. The van der Waals surface area contributed by atoms with Crippen LogP contribution in [0.25, 0.3) is 0 Å². The summed E-state index contributed by atoms with van der Waals surface area (Å²) in [6, 6.07) is 9.84. The number of hydrogen-bond donors (Lipinski definition) is 2. The highest BCUT2D eigenvalue weighted by Crippen LogP contribution is 2.17. The molecule has 2 rings (SSSR count). The number of aliphatic hydroxyl groups excluding tert-OH is 1. The summed E-state index contributed by atoms with van der Waals surface area (Å²) in [4.78, 5) is 0. The van der Waals surface area contributed by atoms with Gasteiger partial charge in [0.05, 0.1) is 6.10 Å². The van der Waals surface area contributed by atoms with E-state index >= 15 is 0 Å². The second-order valence-electron chi connectivity index (χ2n) is 4.43. The maximum atomic E-state index is 12.9. The van der Waals surface area contributed by atoms with Gasteiger partial charge in [-0.05, 0) is 35.4 Å². The number of hydrogen-bond acceptors (Lipinski definition) is 2. The number of aliphatic hydroxyl groups is 1. The van der Waals surface area contributed by atoms with Crippen molar-refractivity contribution in [3.05, 3.63) is 70.2 Å². The van der Waals surface area contributed by atoms with Crippen LogP contribution in [0.4, 0.5) is 8.78 Å². The fraction of sp³-hybridized carbons (Fsp3) is 0.200. The molecular formula is C15H14ClF2NO. The second kappa shape index (κ2) is 6.79. The first-order chi connectivity index (χ1) is 9.56. The molecule has 0 spiro atoms. The Morgan fingerprint density at radius 2 is 1.70 bits per heavy atom. The monoisotopic (exact) mass is 297 g/mol. The SMILES string of the molecule is OC(CNCc1ccc(F)cc1Cl)c1ccc(F)cc1. The molecule has 0 aliphatic carbocycles. The molecule has 1 atom stereocenters. The van der Waals surface area contributed by atoms with Gasteiger partial charge in [-0.1, -0.05) is 29.8 Å². The first-order valence-electron chi connectivity index (χ1n) is 6.14. The zero-order valence-corrected chi connectivity index (χ0v) is 11.4. The van der Waals surface area contributed by atoms with Crippen LogP contribution >= 0.6 is 11.6 Å². The normalized spacial score (nSPS) is 12.4. The van der Waals surface area contributed by atoms with E-state index in [2.05, 4.69) is 5.32 Å². The fourth-order valence-corrected chi connectivity index (χ4v) is 2.05. The van der Waals surface area contributed by atoms with E-state index in [9.17, 15) is 13.9 Å². The fourth-order valence-electron chi connectivity index (χ4n) is 1.81. The quantitative estimate of drug-likeness (QED) is 0.886. The minimum absolute atomic E-state index is 0.291. The van der Waals surface area contributed by atoms with Gasteiger partial charge >= 0.3 is 0 Å². The predicted octanol–water partition coefficient (Wildman–Crippen LogP) is 3.44. The molecule has 0 heterocycles. The third-order valence-corrected chi connectivity index (χ3v) is 3.27. The lowest BCUT2D eigenvalue weighted by Gasteiger charge is -2.13. The van der Waals surface area contributed by atoms with Crippen molar-refractivity contribution in [3.63, 3.8) is 0 Å². The molecule has 0 radical (unpaired) electrons. The smallest absolute Gasteiger partial charge is 0.124 e. The summed E-state index contributed by atoms with van der Waals surface area (Å²) in [5, 5.41) is 13.3. The molecule has 0 aliphatic heterocycles. The maximum absolute atomic E-state index is 12.9. The molecule has 2 aromatic carbocycles. The summed E-state index contributed by atoms with van der Waals surface area (Å²) < 4.78 is 25.6. The van der Waals surface area contributed by atoms with Crippen molar-refractivity contribution in [3.8, 4) is 0 Å². The Morgan fingerprint density at radius 1 is 1.05 bits per heavy atom. The van der Waals surface area contributed by atoms with Gasteiger partial charge in [0.15, 0.2) is 0 Å². The minimum atomic E-state index is -0.741. The number of rotatable bonds is 5. The van der Waals surface area contributed by atoms with E-state index in [-0.39, 0.29) is 11.6 Å². The van der Waals surface area contributed by atoms with Gasteiger partial charge < -0.3 is 10.4 Å². The highest BCUT2D eigenvalue weighted by atomic mass is 35.5. The molecule has 2 aromatic rings. The standard InChI is InChI=1S/C15H14ClF2NO/c16-14-7-13(18)6-3-11(14)8-19-9-15(20)10-1-4-12(17)5-2-10/h1-7,15,19-20H,8-9H2. The van der Waals surface area contributed by atoms with Crippen molar-refractivity contribution in [2.24, 2.45) is 0 Å². The summed E-state index contributed by atoms with van der Waals surface area (Å²) in [6.45, 7) is 0.705. The maximum Gasteiger partial charge on any atom is 0.124 e. The zero-order valence-electron chi connectivity index (χ0n) is 10.6. The second-order valence-corrected chi connectivity index (χ2v) is 4.84. The van der Waals surface area contributed by atoms with Crippen molar-refractivity contribution < 1.29 is 13.9 Å². The van der Waals surface area contributed by atoms with E-state index in [4.69, 9.17) is 11.6 Å². The summed E-state index contributed by atoms with van der Waals surface area (Å²) in [7, 11) is 0. The minimum Gasteiger partial charge on any atom is -0.387 e. The molecular weight excluding hydrogens is 284 g/mol. The van der Waals surface area contributed by atoms with Gasteiger partial charge in [-0.3, -0.25) is 0 Å². The van der Waals surface area contributed by atoms with Crippen LogP contribution in [0.5, 0.6) is 0 Å². The van der Waals surface area contributed by atoms with Crippen molar-refractivity contribution in [1.29, 1.82) is 0 Å². The van der Waals surface area contributed by atoms with Gasteiger partial charge in [0.1, 0.15) is 11.6 Å². The molecule has 0 saturated heterocycles. The summed E-state index contributed by atoms with van der Waals surface area (Å²) >= 11 is 5.90. The van der Waals surface area contributed by atoms with Gasteiger partial charge in [0, 0.05) is 18.1 Å². The third-order valence-electron chi connectivity index (χ3n) is 2.92. The third kappa shape index (κ3) is 4.00. The molecule has 20 heavy (non-hydrogen) atoms. The Balaban J connectivity index is 1.87. The average molecular weight is 298 g/mol. The first-order valence-corrected chi connectivity index (χ1v) is 6.52. The number of benzene rings is 2. The molecule has 106 valence electrons. The number of nitrogens with one attached hydrogen (secondary N) is 1. The molecule has 5 heteroatoms. The molecule has 0 aliphatic rings. The van der Waals surface area contributed by atoms with E-state index in [1.165, 1.54) is 36.4 Å². The first kappa shape index (κ1) is 14.9. The molecule has 1 unspecified atom stereocenters. The van der Waals surface area contributed by atoms with Crippen LogP contribution < -0.4 is 5.32 Å². The van der Waals surface area contributed by atoms with Gasteiger partial charge in [-0.15, -0.1) is 0 Å². The summed E-state index contributed by atoms with van der Waals surface area (Å²) in [5.74, 6) is -0.725. The highest BCUT2D eigenvalue weighted by Gasteiger charge is 2.08. The van der Waals surface area contributed by atoms with E-state index in [1.807, 2.05) is 0 Å². The lowest BCUT2D eigenvalue weighted by Crippen LogP contribution is -2.21. The highest BCUT2D eigenvalue weighted by molar-refractivity contribution is 6.31. The van der Waals surface area contributed by atoms with Crippen LogP contribution in [0.1, 0.15) is 17.2 Å². The Labute approximate surface area is 121 Å². The Hall–Kier alpha value is -1.49. The van der Waals surface area contributed by atoms with Crippen LogP contribution in [0.15, 0.2) is 42.5 Å². The van der Waals surface area contributed by atoms with Crippen molar-refractivity contribution in [2.75, 3.05) is 6.54 Å². The molecule has 0 saturated carbocycles. The van der Waals surface area contributed by atoms with Gasteiger partial charge in [-0.25, -0.2) is 8.78 Å². The van der Waals surface area contributed by atoms with E-state index in [0.717, 1.165) is 5.56 Å². The summed E-state index contributed by atoms with van der Waals surface area (Å²) in [5.41, 5.74) is 1.38. The van der Waals surface area contributed by atoms with Crippen LogP contribution in [0.2, 0.25) is 5.02 Å². The van der Waals surface area contributed by atoms with Gasteiger partial charge in [-0.2, -0.15) is 0 Å². The lowest BCUT2D eigenvalue weighted by atomic mass is 10.1. The number of halogens is 3. The van der Waals surface area contributed by atoms with Gasteiger partial charge in [0.2, 0.25) is 0 Å². The van der Waals surface area contributed by atoms with Crippen LogP contribution in [-0.2, 0) is 6.54 Å².